The average molecular weight is 519 g/mol. The van der Waals surface area contributed by atoms with Gasteiger partial charge in [0.1, 0.15) is 17.6 Å². The Morgan fingerprint density at radius 2 is 1.84 bits per heavy atom. The van der Waals surface area contributed by atoms with Gasteiger partial charge in [0, 0.05) is 36.7 Å². The molecule has 0 radical (unpaired) electrons. The number of carbonyl (C=O) groups is 1. The van der Waals surface area contributed by atoms with E-state index in [4.69, 9.17) is 14.2 Å². The summed E-state index contributed by atoms with van der Waals surface area (Å²) in [5.41, 5.74) is 8.74. The predicted molar refractivity (Wildman–Crippen MR) is 147 cm³/mol. The van der Waals surface area contributed by atoms with E-state index >= 15 is 0 Å². The molecule has 0 saturated heterocycles. The molecule has 5 rings (SSSR count). The Labute approximate surface area is 223 Å². The van der Waals surface area contributed by atoms with Gasteiger partial charge in [-0.15, -0.1) is 11.8 Å². The van der Waals surface area contributed by atoms with Crippen molar-refractivity contribution in [1.29, 1.82) is 0 Å². The van der Waals surface area contributed by atoms with Crippen molar-refractivity contribution in [3.8, 4) is 22.6 Å². The number of rotatable bonds is 10. The molecule has 1 aliphatic carbocycles. The van der Waals surface area contributed by atoms with Crippen LogP contribution in [0, 0.1) is 13.8 Å². The summed E-state index contributed by atoms with van der Waals surface area (Å²) in [5, 5.41) is 9.20. The molecule has 3 aromatic carbocycles. The van der Waals surface area contributed by atoms with Crippen LogP contribution in [0.25, 0.3) is 11.1 Å². The zero-order chi connectivity index (χ0) is 25.9. The average Bonchev–Trinajstić information content (AvgIpc) is 3.45. The molecule has 3 aromatic rings. The predicted octanol–water partition coefficient (Wildman–Crippen LogP) is 7.12. The molecule has 1 aliphatic heterocycles. The molecule has 0 fully saturated rings. The third kappa shape index (κ3) is 5.51. The zero-order valence-corrected chi connectivity index (χ0v) is 22.5. The minimum absolute atomic E-state index is 0.0122. The highest BCUT2D eigenvalue weighted by Gasteiger charge is 2.29. The quantitative estimate of drug-likeness (QED) is 0.288. The van der Waals surface area contributed by atoms with Gasteiger partial charge in [-0.3, -0.25) is 4.79 Å². The number of carboxylic acids is 1. The highest BCUT2D eigenvalue weighted by atomic mass is 32.2. The molecule has 1 heterocycles. The number of carboxylic acid groups (broad SMARTS) is 1. The van der Waals surface area contributed by atoms with Gasteiger partial charge in [-0.1, -0.05) is 24.3 Å². The van der Waals surface area contributed by atoms with Crippen molar-refractivity contribution in [2.45, 2.75) is 56.4 Å². The Bertz CT molecular complexity index is 1280. The molecule has 1 unspecified atom stereocenters. The monoisotopic (exact) mass is 518 g/mol. The number of aryl methyl sites for hydroxylation is 2. The number of hydrogen-bond acceptors (Lipinski definition) is 5. The lowest BCUT2D eigenvalue weighted by atomic mass is 9.90. The van der Waals surface area contributed by atoms with Crippen LogP contribution in [0.3, 0.4) is 0 Å². The van der Waals surface area contributed by atoms with Crippen LogP contribution >= 0.6 is 11.8 Å². The summed E-state index contributed by atoms with van der Waals surface area (Å²) in [6.45, 7) is 5.66. The second kappa shape index (κ2) is 11.2. The van der Waals surface area contributed by atoms with Crippen LogP contribution in [0.2, 0.25) is 0 Å². The largest absolute Gasteiger partial charge is 0.493 e. The van der Waals surface area contributed by atoms with Crippen molar-refractivity contribution >= 4 is 17.7 Å². The second-order valence-corrected chi connectivity index (χ2v) is 11.0. The number of thioether (sulfide) groups is 1. The smallest absolute Gasteiger partial charge is 0.303 e. The van der Waals surface area contributed by atoms with Gasteiger partial charge in [0.25, 0.3) is 0 Å². The van der Waals surface area contributed by atoms with Gasteiger partial charge in [-0.2, -0.15) is 0 Å². The first kappa shape index (κ1) is 25.7. The molecule has 0 bridgehead atoms. The minimum atomic E-state index is -0.744. The van der Waals surface area contributed by atoms with Crippen LogP contribution in [-0.4, -0.2) is 37.2 Å². The van der Waals surface area contributed by atoms with Crippen molar-refractivity contribution in [2.75, 3.05) is 26.1 Å². The Hall–Kier alpha value is -2.96. The van der Waals surface area contributed by atoms with Gasteiger partial charge in [0.2, 0.25) is 0 Å². The summed E-state index contributed by atoms with van der Waals surface area (Å²) < 4.78 is 17.6. The molecule has 0 saturated carbocycles. The fraction of sp³-hybridized carbons (Fsp3) is 0.387. The third-order valence-electron chi connectivity index (χ3n) is 7.32. The third-order valence-corrected chi connectivity index (χ3v) is 8.55. The maximum atomic E-state index is 11.2. The molecule has 2 aliphatic rings. The molecule has 5 nitrogen and oxygen atoms in total. The summed E-state index contributed by atoms with van der Waals surface area (Å²) in [7, 11) is 1.71. The SMILES string of the molecule is COCCCOc1cc(C)c(-c2cccc3c2CC[C@@H]3Oc2ccc3c(c2)SCC3CC(=O)O)c(C)c1. The van der Waals surface area contributed by atoms with Crippen molar-refractivity contribution in [3.63, 3.8) is 0 Å². The molecule has 0 amide bonds. The van der Waals surface area contributed by atoms with Crippen molar-refractivity contribution in [2.24, 2.45) is 0 Å². The first-order valence-corrected chi connectivity index (χ1v) is 13.9. The van der Waals surface area contributed by atoms with Crippen LogP contribution in [-0.2, 0) is 16.0 Å². The molecular weight excluding hydrogens is 484 g/mol. The van der Waals surface area contributed by atoms with Gasteiger partial charge in [0.05, 0.1) is 13.0 Å². The molecule has 2 atom stereocenters. The number of aliphatic carboxylic acids is 1. The number of ether oxygens (including phenoxy) is 3. The number of methoxy groups -OCH3 is 1. The molecule has 194 valence electrons. The molecule has 1 N–H and O–H groups in total. The van der Waals surface area contributed by atoms with Gasteiger partial charge >= 0.3 is 5.97 Å². The highest BCUT2D eigenvalue weighted by molar-refractivity contribution is 7.99. The summed E-state index contributed by atoms with van der Waals surface area (Å²) >= 11 is 1.73. The lowest BCUT2D eigenvalue weighted by molar-refractivity contribution is -0.137. The standard InChI is InChI=1S/C31H34O5S/c1-19-14-23(35-13-5-12-34-3)15-20(2)31(19)27-7-4-6-26-25(27)10-11-28(26)36-22-8-9-24-21(16-30(32)33)18-37-29(24)17-22/h4,6-9,14-15,17,21,28H,5,10-13,16,18H2,1-3H3,(H,32,33)/t21?,28-/m0/s1. The van der Waals surface area contributed by atoms with Gasteiger partial charge < -0.3 is 19.3 Å². The minimum Gasteiger partial charge on any atom is -0.493 e. The van der Waals surface area contributed by atoms with E-state index in [-0.39, 0.29) is 18.4 Å². The van der Waals surface area contributed by atoms with Crippen LogP contribution in [0.5, 0.6) is 11.5 Å². The van der Waals surface area contributed by atoms with E-state index in [2.05, 4.69) is 56.3 Å². The van der Waals surface area contributed by atoms with Crippen molar-refractivity contribution in [1.82, 2.24) is 0 Å². The van der Waals surface area contributed by atoms with E-state index in [0.717, 1.165) is 47.0 Å². The fourth-order valence-electron chi connectivity index (χ4n) is 5.67. The normalized spacial score (nSPS) is 17.9. The Morgan fingerprint density at radius 3 is 2.59 bits per heavy atom. The number of fused-ring (bicyclic) bond motifs is 2. The molecule has 0 aromatic heterocycles. The molecule has 6 heteroatoms. The first-order chi connectivity index (χ1) is 17.9. The van der Waals surface area contributed by atoms with E-state index in [9.17, 15) is 9.90 Å². The lowest BCUT2D eigenvalue weighted by Crippen LogP contribution is -2.06. The van der Waals surface area contributed by atoms with Crippen LogP contribution in [0.4, 0.5) is 0 Å². The van der Waals surface area contributed by atoms with Crippen molar-refractivity contribution in [3.05, 3.63) is 76.3 Å². The Kier molecular flexibility index (Phi) is 7.77. The fourth-order valence-corrected chi connectivity index (χ4v) is 6.95. The van der Waals surface area contributed by atoms with Gasteiger partial charge in [0.15, 0.2) is 0 Å². The summed E-state index contributed by atoms with van der Waals surface area (Å²) in [5.74, 6) is 1.91. The van der Waals surface area contributed by atoms with Crippen LogP contribution in [0.15, 0.2) is 53.4 Å². The highest BCUT2D eigenvalue weighted by Crippen LogP contribution is 2.45. The Balaban J connectivity index is 1.35. The van der Waals surface area contributed by atoms with Crippen molar-refractivity contribution < 1.29 is 24.1 Å². The van der Waals surface area contributed by atoms with E-state index in [0.29, 0.717) is 13.2 Å². The van der Waals surface area contributed by atoms with Crippen LogP contribution in [0.1, 0.15) is 59.1 Å². The molecule has 37 heavy (non-hydrogen) atoms. The molecule has 0 spiro atoms. The van der Waals surface area contributed by atoms with Gasteiger partial charge in [-0.05, 0) is 89.9 Å². The van der Waals surface area contributed by atoms with Gasteiger partial charge in [-0.25, -0.2) is 0 Å². The maximum absolute atomic E-state index is 11.2. The zero-order valence-electron chi connectivity index (χ0n) is 21.7. The van der Waals surface area contributed by atoms with E-state index in [1.807, 2.05) is 6.07 Å². The lowest BCUT2D eigenvalue weighted by Gasteiger charge is -2.19. The topological polar surface area (TPSA) is 65.0 Å². The number of benzene rings is 3. The summed E-state index contributed by atoms with van der Waals surface area (Å²) in [6.07, 6.45) is 2.98. The second-order valence-electron chi connectivity index (χ2n) is 9.95. The number of hydrogen-bond donors (Lipinski definition) is 1. The van der Waals surface area contributed by atoms with Crippen LogP contribution < -0.4 is 9.47 Å². The Morgan fingerprint density at radius 1 is 1.03 bits per heavy atom. The maximum Gasteiger partial charge on any atom is 0.303 e. The van der Waals surface area contributed by atoms with E-state index in [1.165, 1.54) is 33.4 Å². The molecular formula is C31H34O5S. The van der Waals surface area contributed by atoms with E-state index in [1.54, 1.807) is 18.9 Å². The van der Waals surface area contributed by atoms with E-state index < -0.39 is 5.97 Å². The summed E-state index contributed by atoms with van der Waals surface area (Å²) in [6, 6.07) is 17.0. The summed E-state index contributed by atoms with van der Waals surface area (Å²) in [4.78, 5) is 12.3. The first-order valence-electron chi connectivity index (χ1n) is 12.9.